The van der Waals surface area contributed by atoms with Gasteiger partial charge in [-0.1, -0.05) is 23.7 Å². The second kappa shape index (κ2) is 8.60. The van der Waals surface area contributed by atoms with Crippen LogP contribution in [0.25, 0.3) is 0 Å². The number of carbonyl (C=O) groups is 1. The van der Waals surface area contributed by atoms with Crippen molar-refractivity contribution in [3.8, 4) is 0 Å². The van der Waals surface area contributed by atoms with Crippen LogP contribution in [-0.2, 0) is 14.8 Å². The summed E-state index contributed by atoms with van der Waals surface area (Å²) in [5.41, 5.74) is 1.05. The van der Waals surface area contributed by atoms with E-state index in [2.05, 4.69) is 10.0 Å². The highest BCUT2D eigenvalue weighted by Gasteiger charge is 2.16. The molecular formula is C17H19ClN2O3S2. The minimum absolute atomic E-state index is 0.00225. The second-order valence-electron chi connectivity index (χ2n) is 5.26. The first-order valence-electron chi connectivity index (χ1n) is 7.63. The lowest BCUT2D eigenvalue weighted by Crippen LogP contribution is -2.22. The van der Waals surface area contributed by atoms with Gasteiger partial charge in [0.2, 0.25) is 15.9 Å². The minimum Gasteiger partial charge on any atom is -0.325 e. The Hall–Kier alpha value is -1.70. The van der Waals surface area contributed by atoms with E-state index in [1.807, 2.05) is 18.2 Å². The fourth-order valence-electron chi connectivity index (χ4n) is 1.90. The number of amides is 1. The highest BCUT2D eigenvalue weighted by Crippen LogP contribution is 2.30. The zero-order chi connectivity index (χ0) is 18.4. The smallest absolute Gasteiger partial charge is 0.237 e. The summed E-state index contributed by atoms with van der Waals surface area (Å²) in [7, 11) is -3.31. The van der Waals surface area contributed by atoms with Crippen molar-refractivity contribution >= 4 is 50.7 Å². The Morgan fingerprint density at radius 2 is 1.72 bits per heavy atom. The largest absolute Gasteiger partial charge is 0.325 e. The Bertz CT molecular complexity index is 839. The van der Waals surface area contributed by atoms with E-state index in [0.29, 0.717) is 16.4 Å². The molecule has 5 nitrogen and oxygen atoms in total. The lowest BCUT2D eigenvalue weighted by molar-refractivity contribution is -0.115. The van der Waals surface area contributed by atoms with Crippen molar-refractivity contribution in [1.29, 1.82) is 0 Å². The van der Waals surface area contributed by atoms with Gasteiger partial charge in [-0.2, -0.15) is 0 Å². The van der Waals surface area contributed by atoms with Gasteiger partial charge in [-0.15, -0.1) is 11.8 Å². The molecule has 2 aromatic rings. The standard InChI is InChI=1S/C17H19ClN2O3S2/c1-3-25(22,23)20-14-10-8-13(9-11-14)19-17(21)12(2)24-16-7-5-4-6-15(16)18/h4-12,20H,3H2,1-2H3,(H,19,21). The first-order chi connectivity index (χ1) is 11.8. The summed E-state index contributed by atoms with van der Waals surface area (Å²) < 4.78 is 25.5. The van der Waals surface area contributed by atoms with Crippen LogP contribution in [0, 0.1) is 0 Å². The van der Waals surface area contributed by atoms with Crippen LogP contribution in [0.15, 0.2) is 53.4 Å². The zero-order valence-electron chi connectivity index (χ0n) is 13.8. The van der Waals surface area contributed by atoms with E-state index in [0.717, 1.165) is 4.90 Å². The zero-order valence-corrected chi connectivity index (χ0v) is 16.2. The predicted octanol–water partition coefficient (Wildman–Crippen LogP) is 4.22. The third kappa shape index (κ3) is 5.95. The molecule has 0 saturated heterocycles. The van der Waals surface area contributed by atoms with Crippen molar-refractivity contribution in [3.05, 3.63) is 53.6 Å². The molecule has 0 aromatic heterocycles. The average Bonchev–Trinajstić information content (AvgIpc) is 2.58. The summed E-state index contributed by atoms with van der Waals surface area (Å²) in [5, 5.41) is 3.08. The van der Waals surface area contributed by atoms with E-state index in [1.54, 1.807) is 44.2 Å². The lowest BCUT2D eigenvalue weighted by Gasteiger charge is -2.13. The predicted molar refractivity (Wildman–Crippen MR) is 105 cm³/mol. The fraction of sp³-hybridized carbons (Fsp3) is 0.235. The molecule has 0 aliphatic heterocycles. The summed E-state index contributed by atoms with van der Waals surface area (Å²) in [4.78, 5) is 13.1. The van der Waals surface area contributed by atoms with Gasteiger partial charge in [-0.05, 0) is 50.2 Å². The Morgan fingerprint density at radius 3 is 2.32 bits per heavy atom. The maximum absolute atomic E-state index is 12.3. The lowest BCUT2D eigenvalue weighted by atomic mass is 10.3. The van der Waals surface area contributed by atoms with Gasteiger partial charge in [0.25, 0.3) is 0 Å². The summed E-state index contributed by atoms with van der Waals surface area (Å²) >= 11 is 7.48. The Kier molecular flexibility index (Phi) is 6.75. The van der Waals surface area contributed by atoms with E-state index in [4.69, 9.17) is 11.6 Å². The molecule has 25 heavy (non-hydrogen) atoms. The summed E-state index contributed by atoms with van der Waals surface area (Å²) in [6.45, 7) is 3.36. The molecule has 0 aliphatic rings. The van der Waals surface area contributed by atoms with E-state index in [9.17, 15) is 13.2 Å². The van der Waals surface area contributed by atoms with E-state index in [-0.39, 0.29) is 16.9 Å². The fourth-order valence-corrected chi connectivity index (χ4v) is 3.70. The number of sulfonamides is 1. The second-order valence-corrected chi connectivity index (χ2v) is 9.06. The van der Waals surface area contributed by atoms with E-state index < -0.39 is 10.0 Å². The topological polar surface area (TPSA) is 75.3 Å². The molecule has 2 N–H and O–H groups in total. The number of hydrogen-bond acceptors (Lipinski definition) is 4. The van der Waals surface area contributed by atoms with E-state index in [1.165, 1.54) is 11.8 Å². The molecule has 8 heteroatoms. The van der Waals surface area contributed by atoms with Crippen molar-refractivity contribution < 1.29 is 13.2 Å². The summed E-state index contributed by atoms with van der Waals surface area (Å²) in [6, 6.07) is 13.9. The van der Waals surface area contributed by atoms with Crippen LogP contribution in [0.4, 0.5) is 11.4 Å². The molecule has 2 aromatic carbocycles. The number of rotatable bonds is 7. The van der Waals surface area contributed by atoms with Gasteiger partial charge in [-0.3, -0.25) is 9.52 Å². The molecule has 2 rings (SSSR count). The van der Waals surface area contributed by atoms with Crippen molar-refractivity contribution in [2.75, 3.05) is 15.8 Å². The van der Waals surface area contributed by atoms with Gasteiger partial charge in [-0.25, -0.2) is 8.42 Å². The molecule has 0 aliphatic carbocycles. The molecule has 0 radical (unpaired) electrons. The Morgan fingerprint density at radius 1 is 1.12 bits per heavy atom. The van der Waals surface area contributed by atoms with Gasteiger partial charge >= 0.3 is 0 Å². The number of halogens is 1. The number of thioether (sulfide) groups is 1. The van der Waals surface area contributed by atoms with Gasteiger partial charge < -0.3 is 5.32 Å². The highest BCUT2D eigenvalue weighted by atomic mass is 35.5. The molecule has 0 heterocycles. The number of anilines is 2. The van der Waals surface area contributed by atoms with Crippen molar-refractivity contribution in [1.82, 2.24) is 0 Å². The quantitative estimate of drug-likeness (QED) is 0.684. The number of hydrogen-bond donors (Lipinski definition) is 2. The molecule has 0 bridgehead atoms. The van der Waals surface area contributed by atoms with Crippen LogP contribution in [0.5, 0.6) is 0 Å². The first kappa shape index (κ1) is 19.6. The van der Waals surface area contributed by atoms with E-state index >= 15 is 0 Å². The maximum atomic E-state index is 12.3. The number of nitrogens with one attached hydrogen (secondary N) is 2. The van der Waals surface area contributed by atoms with Crippen LogP contribution in [0.2, 0.25) is 5.02 Å². The summed E-state index contributed by atoms with van der Waals surface area (Å²) in [6.07, 6.45) is 0. The molecule has 1 amide bonds. The van der Waals surface area contributed by atoms with Crippen LogP contribution in [0.1, 0.15) is 13.8 Å². The number of carbonyl (C=O) groups excluding carboxylic acids is 1. The molecule has 0 saturated carbocycles. The van der Waals surface area contributed by atoms with Crippen molar-refractivity contribution in [3.63, 3.8) is 0 Å². The molecule has 0 spiro atoms. The van der Waals surface area contributed by atoms with Crippen LogP contribution in [0.3, 0.4) is 0 Å². The van der Waals surface area contributed by atoms with Gasteiger partial charge in [0, 0.05) is 16.3 Å². The van der Waals surface area contributed by atoms with Crippen molar-refractivity contribution in [2.24, 2.45) is 0 Å². The van der Waals surface area contributed by atoms with Gasteiger partial charge in [0.1, 0.15) is 0 Å². The van der Waals surface area contributed by atoms with Crippen molar-refractivity contribution in [2.45, 2.75) is 24.0 Å². The Labute approximate surface area is 157 Å². The number of benzene rings is 2. The maximum Gasteiger partial charge on any atom is 0.237 e. The van der Waals surface area contributed by atoms with Crippen LogP contribution < -0.4 is 10.0 Å². The average molecular weight is 399 g/mol. The molecule has 134 valence electrons. The third-order valence-corrected chi connectivity index (χ3v) is 6.24. The molecule has 0 fully saturated rings. The van der Waals surface area contributed by atoms with Gasteiger partial charge in [0.15, 0.2) is 0 Å². The molecular weight excluding hydrogens is 380 g/mol. The SMILES string of the molecule is CCS(=O)(=O)Nc1ccc(NC(=O)C(C)Sc2ccccc2Cl)cc1. The monoisotopic (exact) mass is 398 g/mol. The van der Waals surface area contributed by atoms with Crippen LogP contribution >= 0.6 is 23.4 Å². The van der Waals surface area contributed by atoms with Crippen LogP contribution in [-0.4, -0.2) is 25.3 Å². The van der Waals surface area contributed by atoms with Gasteiger partial charge in [0.05, 0.1) is 16.0 Å². The minimum atomic E-state index is -3.31. The Balaban J connectivity index is 1.97. The molecule has 1 unspecified atom stereocenters. The third-order valence-electron chi connectivity index (χ3n) is 3.32. The highest BCUT2D eigenvalue weighted by molar-refractivity contribution is 8.00. The molecule has 1 atom stereocenters. The first-order valence-corrected chi connectivity index (χ1v) is 10.5. The summed E-state index contributed by atoms with van der Waals surface area (Å²) in [5.74, 6) is -0.158. The normalized spacial score (nSPS) is 12.4.